The number of hydrogen-bond donors (Lipinski definition) is 1. The Hall–Kier alpha value is -2.86. The molecule has 0 bridgehead atoms. The maximum Gasteiger partial charge on any atom is 0.490 e. The summed E-state index contributed by atoms with van der Waals surface area (Å²) in [6.45, 7) is 2.58. The van der Waals surface area contributed by atoms with Crippen LogP contribution in [0.15, 0.2) is 36.8 Å². The van der Waals surface area contributed by atoms with Crippen molar-refractivity contribution in [2.45, 2.75) is 37.8 Å². The van der Waals surface area contributed by atoms with E-state index in [2.05, 4.69) is 19.9 Å². The number of alkyl halides is 3. The molecular weight excluding hydrogens is 436 g/mol. The van der Waals surface area contributed by atoms with Crippen molar-refractivity contribution in [2.75, 3.05) is 24.7 Å². The van der Waals surface area contributed by atoms with Crippen LogP contribution >= 0.6 is 0 Å². The standard InChI is InChI=1S/C18H21FN4O2.C2HF3O2/c19-14-9-21-18(22-10-14)23-5-6-25-17-8-13(7-16(17)23)11-24-12-15-3-1-2-4-20-15;3-2(4,5)1(6)7/h1-4,9-10,13,16-17H,5-8,11-12H2;(H,6,7)/t13?,16-,17-;/m0./s1. The summed E-state index contributed by atoms with van der Waals surface area (Å²) in [5.74, 6) is -2.16. The zero-order valence-corrected chi connectivity index (χ0v) is 16.9. The summed E-state index contributed by atoms with van der Waals surface area (Å²) in [6.07, 6.45) is 1.21. The number of hydrogen-bond acceptors (Lipinski definition) is 7. The van der Waals surface area contributed by atoms with E-state index in [1.165, 1.54) is 12.4 Å². The summed E-state index contributed by atoms with van der Waals surface area (Å²) < 4.78 is 56.6. The van der Waals surface area contributed by atoms with Crippen LogP contribution in [0, 0.1) is 11.7 Å². The van der Waals surface area contributed by atoms with Gasteiger partial charge in [-0.05, 0) is 30.9 Å². The van der Waals surface area contributed by atoms with Gasteiger partial charge >= 0.3 is 12.1 Å². The zero-order chi connectivity index (χ0) is 23.1. The molecule has 3 atom stereocenters. The van der Waals surface area contributed by atoms with Crippen LogP contribution in [-0.2, 0) is 20.9 Å². The van der Waals surface area contributed by atoms with Crippen molar-refractivity contribution < 1.29 is 36.9 Å². The number of fused-ring (bicyclic) bond motifs is 1. The minimum atomic E-state index is -5.08. The maximum atomic E-state index is 13.1. The fourth-order valence-corrected chi connectivity index (χ4v) is 3.70. The number of halogens is 4. The van der Waals surface area contributed by atoms with Gasteiger partial charge in [-0.15, -0.1) is 0 Å². The molecule has 0 radical (unpaired) electrons. The first-order valence-electron chi connectivity index (χ1n) is 9.87. The second-order valence-corrected chi connectivity index (χ2v) is 7.35. The molecule has 1 N–H and O–H groups in total. The molecule has 174 valence electrons. The molecule has 2 fully saturated rings. The summed E-state index contributed by atoms with van der Waals surface area (Å²) >= 11 is 0. The van der Waals surface area contributed by atoms with Gasteiger partial charge in [0.15, 0.2) is 5.82 Å². The molecule has 1 aliphatic heterocycles. The van der Waals surface area contributed by atoms with E-state index < -0.39 is 18.0 Å². The van der Waals surface area contributed by atoms with Gasteiger partial charge in [0.1, 0.15) is 0 Å². The van der Waals surface area contributed by atoms with Gasteiger partial charge in [-0.1, -0.05) is 6.07 Å². The number of rotatable bonds is 5. The fourth-order valence-electron chi connectivity index (χ4n) is 3.70. The van der Waals surface area contributed by atoms with Crippen LogP contribution in [0.1, 0.15) is 18.5 Å². The monoisotopic (exact) mass is 458 g/mol. The molecule has 2 aromatic heterocycles. The summed E-state index contributed by atoms with van der Waals surface area (Å²) in [4.78, 5) is 23.6. The van der Waals surface area contributed by atoms with Gasteiger partial charge in [-0.2, -0.15) is 13.2 Å². The first-order chi connectivity index (χ1) is 15.2. The number of anilines is 1. The predicted molar refractivity (Wildman–Crippen MR) is 103 cm³/mol. The number of aromatic nitrogens is 3. The Morgan fingerprint density at radius 1 is 1.22 bits per heavy atom. The molecule has 0 aromatic carbocycles. The Bertz CT molecular complexity index is 870. The van der Waals surface area contributed by atoms with Gasteiger partial charge in [-0.25, -0.2) is 19.2 Å². The molecule has 1 unspecified atom stereocenters. The van der Waals surface area contributed by atoms with Gasteiger partial charge in [0.05, 0.1) is 50.1 Å². The Balaban J connectivity index is 0.000000360. The lowest BCUT2D eigenvalue weighted by molar-refractivity contribution is -0.192. The van der Waals surface area contributed by atoms with Crippen LogP contribution in [-0.4, -0.2) is 64.1 Å². The van der Waals surface area contributed by atoms with Gasteiger partial charge in [0.2, 0.25) is 5.95 Å². The van der Waals surface area contributed by atoms with E-state index in [0.29, 0.717) is 31.7 Å². The number of carboxylic acids is 1. The molecule has 2 aromatic rings. The van der Waals surface area contributed by atoms with Crippen LogP contribution < -0.4 is 4.90 Å². The minimum Gasteiger partial charge on any atom is -0.475 e. The van der Waals surface area contributed by atoms with Crippen molar-refractivity contribution in [1.29, 1.82) is 0 Å². The smallest absolute Gasteiger partial charge is 0.475 e. The Kier molecular flexibility index (Phi) is 7.91. The molecule has 0 spiro atoms. The first kappa shape index (κ1) is 23.8. The quantitative estimate of drug-likeness (QED) is 0.684. The summed E-state index contributed by atoms with van der Waals surface area (Å²) in [7, 11) is 0. The van der Waals surface area contributed by atoms with Gasteiger partial charge in [-0.3, -0.25) is 4.98 Å². The normalized spacial score (nSPS) is 22.6. The molecule has 1 saturated heterocycles. The van der Waals surface area contributed by atoms with E-state index >= 15 is 0 Å². The Labute approximate surface area is 181 Å². The van der Waals surface area contributed by atoms with Crippen molar-refractivity contribution in [3.63, 3.8) is 0 Å². The van der Waals surface area contributed by atoms with Gasteiger partial charge in [0, 0.05) is 12.7 Å². The van der Waals surface area contributed by atoms with Crippen molar-refractivity contribution in [1.82, 2.24) is 15.0 Å². The number of ether oxygens (including phenoxy) is 2. The minimum absolute atomic E-state index is 0.158. The molecular formula is C20H22F4N4O4. The molecule has 3 heterocycles. The third kappa shape index (κ3) is 6.57. The number of aliphatic carboxylic acids is 1. The van der Waals surface area contributed by atoms with Gasteiger partial charge in [0.25, 0.3) is 0 Å². The fraction of sp³-hybridized carbons (Fsp3) is 0.500. The Morgan fingerprint density at radius 3 is 2.56 bits per heavy atom. The highest BCUT2D eigenvalue weighted by atomic mass is 19.4. The average molecular weight is 458 g/mol. The Morgan fingerprint density at radius 2 is 1.94 bits per heavy atom. The number of pyridine rings is 1. The number of morpholine rings is 1. The highest BCUT2D eigenvalue weighted by Gasteiger charge is 2.42. The number of carbonyl (C=O) groups is 1. The molecule has 2 aliphatic rings. The van der Waals surface area contributed by atoms with Crippen LogP contribution in [0.2, 0.25) is 0 Å². The topological polar surface area (TPSA) is 97.7 Å². The number of carboxylic acid groups (broad SMARTS) is 1. The largest absolute Gasteiger partial charge is 0.490 e. The lowest BCUT2D eigenvalue weighted by atomic mass is 10.1. The van der Waals surface area contributed by atoms with E-state index in [0.717, 1.165) is 25.1 Å². The second kappa shape index (κ2) is 10.6. The van der Waals surface area contributed by atoms with Crippen molar-refractivity contribution >= 4 is 11.9 Å². The van der Waals surface area contributed by atoms with Crippen LogP contribution in [0.5, 0.6) is 0 Å². The highest BCUT2D eigenvalue weighted by Crippen LogP contribution is 2.35. The molecule has 1 saturated carbocycles. The maximum absolute atomic E-state index is 13.1. The zero-order valence-electron chi connectivity index (χ0n) is 16.9. The molecule has 12 heteroatoms. The summed E-state index contributed by atoms with van der Waals surface area (Å²) in [6, 6.07) is 6.05. The molecule has 8 nitrogen and oxygen atoms in total. The summed E-state index contributed by atoms with van der Waals surface area (Å²) in [5.41, 5.74) is 0.940. The number of nitrogens with zero attached hydrogens (tertiary/aromatic N) is 4. The lowest BCUT2D eigenvalue weighted by Gasteiger charge is -2.37. The van der Waals surface area contributed by atoms with Gasteiger partial charge < -0.3 is 19.5 Å². The molecule has 0 amide bonds. The summed E-state index contributed by atoms with van der Waals surface area (Å²) in [5, 5.41) is 7.12. The van der Waals surface area contributed by atoms with Crippen molar-refractivity contribution in [2.24, 2.45) is 5.92 Å². The van der Waals surface area contributed by atoms with Crippen molar-refractivity contribution in [3.05, 3.63) is 48.3 Å². The van der Waals surface area contributed by atoms with Crippen LogP contribution in [0.4, 0.5) is 23.5 Å². The van der Waals surface area contributed by atoms with E-state index in [1.807, 2.05) is 18.2 Å². The third-order valence-electron chi connectivity index (χ3n) is 5.07. The predicted octanol–water partition coefficient (Wildman–Crippen LogP) is 2.84. The SMILES string of the molecule is Fc1cnc(N2CCO[C@H]3CC(COCc4ccccn4)C[C@@H]32)nc1.O=C(O)C(F)(F)F. The van der Waals surface area contributed by atoms with Crippen molar-refractivity contribution in [3.8, 4) is 0 Å². The molecule has 1 aliphatic carbocycles. The lowest BCUT2D eigenvalue weighted by Crippen LogP contribution is -2.49. The van der Waals surface area contributed by atoms with Crippen LogP contribution in [0.3, 0.4) is 0 Å². The average Bonchev–Trinajstić information content (AvgIpc) is 3.18. The third-order valence-corrected chi connectivity index (χ3v) is 5.07. The van der Waals surface area contributed by atoms with E-state index in [1.54, 1.807) is 6.20 Å². The van der Waals surface area contributed by atoms with E-state index in [9.17, 15) is 17.6 Å². The van der Waals surface area contributed by atoms with Crippen LogP contribution in [0.25, 0.3) is 0 Å². The second-order valence-electron chi connectivity index (χ2n) is 7.35. The highest BCUT2D eigenvalue weighted by molar-refractivity contribution is 5.73. The van der Waals surface area contributed by atoms with E-state index in [-0.39, 0.29) is 12.1 Å². The molecule has 32 heavy (non-hydrogen) atoms. The van der Waals surface area contributed by atoms with E-state index in [4.69, 9.17) is 19.4 Å². The first-order valence-corrected chi connectivity index (χ1v) is 9.87. The molecule has 4 rings (SSSR count).